The third-order valence-electron chi connectivity index (χ3n) is 2.98. The number of halogens is 3. The third-order valence-corrected chi connectivity index (χ3v) is 2.98. The van der Waals surface area contributed by atoms with E-state index in [2.05, 4.69) is 5.32 Å². The van der Waals surface area contributed by atoms with Crippen molar-refractivity contribution in [1.82, 2.24) is 5.32 Å². The molecule has 0 aromatic carbocycles. The zero-order chi connectivity index (χ0) is 11.8. The van der Waals surface area contributed by atoms with E-state index in [1.54, 1.807) is 0 Å². The van der Waals surface area contributed by atoms with Crippen molar-refractivity contribution in [3.63, 3.8) is 0 Å². The Balaban J connectivity index is 1.95. The van der Waals surface area contributed by atoms with Gasteiger partial charge in [0.1, 0.15) is 0 Å². The van der Waals surface area contributed by atoms with E-state index >= 15 is 0 Å². The van der Waals surface area contributed by atoms with Gasteiger partial charge in [-0.25, -0.2) is 0 Å². The summed E-state index contributed by atoms with van der Waals surface area (Å²) in [5.74, 6) is -1.41. The minimum absolute atomic E-state index is 0.0825. The fourth-order valence-electron chi connectivity index (χ4n) is 2.24. The summed E-state index contributed by atoms with van der Waals surface area (Å²) in [6, 6.07) is -0.710. The monoisotopic (exact) mass is 240 g/mol. The molecular formula is C9H15F3N2O2. The highest BCUT2D eigenvalue weighted by molar-refractivity contribution is 4.92. The van der Waals surface area contributed by atoms with Gasteiger partial charge in [0.15, 0.2) is 6.29 Å². The molecule has 0 bridgehead atoms. The molecule has 0 radical (unpaired) electrons. The number of rotatable bonds is 2. The van der Waals surface area contributed by atoms with Gasteiger partial charge < -0.3 is 15.2 Å². The molecule has 3 N–H and O–H groups in total. The van der Waals surface area contributed by atoms with Gasteiger partial charge in [0.25, 0.3) is 0 Å². The molecule has 2 heterocycles. The van der Waals surface area contributed by atoms with Gasteiger partial charge in [-0.1, -0.05) is 0 Å². The number of hydrogen-bond donors (Lipinski definition) is 2. The zero-order valence-corrected chi connectivity index (χ0v) is 8.67. The molecule has 0 saturated carbocycles. The first-order valence-electron chi connectivity index (χ1n) is 5.28. The fraction of sp³-hybridized carbons (Fsp3) is 1.00. The van der Waals surface area contributed by atoms with Gasteiger partial charge >= 0.3 is 6.18 Å². The van der Waals surface area contributed by atoms with Crippen LogP contribution in [0.2, 0.25) is 0 Å². The first kappa shape index (κ1) is 12.1. The lowest BCUT2D eigenvalue weighted by atomic mass is 9.97. The molecule has 7 heteroatoms. The lowest BCUT2D eigenvalue weighted by Crippen LogP contribution is -2.41. The lowest BCUT2D eigenvalue weighted by Gasteiger charge is -2.23. The Morgan fingerprint density at radius 1 is 1.25 bits per heavy atom. The van der Waals surface area contributed by atoms with Crippen molar-refractivity contribution in [1.29, 1.82) is 0 Å². The summed E-state index contributed by atoms with van der Waals surface area (Å²) < 4.78 is 48.3. The predicted molar refractivity (Wildman–Crippen MR) is 49.4 cm³/mol. The molecular weight excluding hydrogens is 225 g/mol. The van der Waals surface area contributed by atoms with E-state index in [0.717, 1.165) is 0 Å². The van der Waals surface area contributed by atoms with Gasteiger partial charge in [-0.05, 0) is 6.42 Å². The zero-order valence-electron chi connectivity index (χ0n) is 8.67. The average Bonchev–Trinajstić information content (AvgIpc) is 2.74. The van der Waals surface area contributed by atoms with Crippen LogP contribution in [-0.4, -0.2) is 37.9 Å². The summed E-state index contributed by atoms with van der Waals surface area (Å²) in [4.78, 5) is 0. The van der Waals surface area contributed by atoms with Crippen molar-refractivity contribution in [2.75, 3.05) is 13.2 Å². The molecule has 16 heavy (non-hydrogen) atoms. The van der Waals surface area contributed by atoms with Crippen LogP contribution in [0.1, 0.15) is 12.8 Å². The molecule has 4 nitrogen and oxygen atoms in total. The molecule has 3 atom stereocenters. The van der Waals surface area contributed by atoms with Gasteiger partial charge in [0.05, 0.1) is 25.3 Å². The van der Waals surface area contributed by atoms with Crippen molar-refractivity contribution in [2.45, 2.75) is 37.5 Å². The van der Waals surface area contributed by atoms with Gasteiger partial charge in [-0.3, -0.25) is 5.32 Å². The summed E-state index contributed by atoms with van der Waals surface area (Å²) in [5, 5.41) is 2.74. The van der Waals surface area contributed by atoms with Crippen LogP contribution in [0, 0.1) is 5.92 Å². The van der Waals surface area contributed by atoms with Crippen molar-refractivity contribution < 1.29 is 22.6 Å². The SMILES string of the molecule is N[C@@H]1C[C@@H](C(F)(F)F)C(CC2OCCO2)N1. The molecule has 94 valence electrons. The average molecular weight is 240 g/mol. The summed E-state index contributed by atoms with van der Waals surface area (Å²) in [5.41, 5.74) is 5.49. The number of ether oxygens (including phenoxy) is 2. The van der Waals surface area contributed by atoms with Crippen LogP contribution in [0.15, 0.2) is 0 Å². The minimum atomic E-state index is -4.22. The molecule has 0 aliphatic carbocycles. The quantitative estimate of drug-likeness (QED) is 0.741. The van der Waals surface area contributed by atoms with E-state index in [1.165, 1.54) is 0 Å². The summed E-state index contributed by atoms with van der Waals surface area (Å²) >= 11 is 0. The molecule has 0 aromatic heterocycles. The van der Waals surface area contributed by atoms with Gasteiger partial charge in [-0.2, -0.15) is 13.2 Å². The highest BCUT2D eigenvalue weighted by Crippen LogP contribution is 2.37. The van der Waals surface area contributed by atoms with Crippen LogP contribution < -0.4 is 11.1 Å². The molecule has 0 amide bonds. The Morgan fingerprint density at radius 2 is 1.88 bits per heavy atom. The molecule has 0 aromatic rings. The summed E-state index contributed by atoms with van der Waals surface area (Å²) in [6.07, 6.45) is -5.24. The molecule has 2 aliphatic rings. The number of nitrogens with one attached hydrogen (secondary N) is 1. The van der Waals surface area contributed by atoms with Crippen molar-refractivity contribution >= 4 is 0 Å². The fourth-order valence-corrected chi connectivity index (χ4v) is 2.24. The van der Waals surface area contributed by atoms with E-state index in [1.807, 2.05) is 0 Å². The van der Waals surface area contributed by atoms with E-state index in [0.29, 0.717) is 13.2 Å². The van der Waals surface area contributed by atoms with Gasteiger partial charge in [0, 0.05) is 12.5 Å². The Hall–Kier alpha value is -0.370. The number of nitrogens with two attached hydrogens (primary N) is 1. The lowest BCUT2D eigenvalue weighted by molar-refractivity contribution is -0.181. The Kier molecular flexibility index (Phi) is 3.39. The number of hydrogen-bond acceptors (Lipinski definition) is 4. The first-order chi connectivity index (χ1) is 7.47. The van der Waals surface area contributed by atoms with Gasteiger partial charge in [-0.15, -0.1) is 0 Å². The second kappa shape index (κ2) is 4.48. The Bertz CT molecular complexity index is 243. The molecule has 2 aliphatic heterocycles. The van der Waals surface area contributed by atoms with E-state index in [4.69, 9.17) is 15.2 Å². The van der Waals surface area contributed by atoms with Crippen molar-refractivity contribution in [3.05, 3.63) is 0 Å². The van der Waals surface area contributed by atoms with Crippen LogP contribution in [0.4, 0.5) is 13.2 Å². The van der Waals surface area contributed by atoms with Crippen LogP contribution >= 0.6 is 0 Å². The number of alkyl halides is 3. The minimum Gasteiger partial charge on any atom is -0.350 e. The molecule has 0 spiro atoms. The van der Waals surface area contributed by atoms with E-state index < -0.39 is 30.6 Å². The Morgan fingerprint density at radius 3 is 2.44 bits per heavy atom. The van der Waals surface area contributed by atoms with Crippen LogP contribution in [0.3, 0.4) is 0 Å². The molecule has 2 fully saturated rings. The smallest absolute Gasteiger partial charge is 0.350 e. The summed E-state index contributed by atoms with van der Waals surface area (Å²) in [7, 11) is 0. The van der Waals surface area contributed by atoms with Gasteiger partial charge in [0.2, 0.25) is 0 Å². The van der Waals surface area contributed by atoms with E-state index in [9.17, 15) is 13.2 Å². The van der Waals surface area contributed by atoms with Crippen LogP contribution in [0.5, 0.6) is 0 Å². The van der Waals surface area contributed by atoms with Crippen molar-refractivity contribution in [3.8, 4) is 0 Å². The Labute approximate surface area is 91.3 Å². The first-order valence-corrected chi connectivity index (χ1v) is 5.28. The largest absolute Gasteiger partial charge is 0.393 e. The summed E-state index contributed by atoms with van der Waals surface area (Å²) in [6.45, 7) is 0.889. The maximum atomic E-state index is 12.7. The standard InChI is InChI=1S/C9H15F3N2O2/c10-9(11,12)5-3-7(13)14-6(5)4-8-15-1-2-16-8/h5-8,14H,1-4,13H2/t5-,6?,7+/m1/s1. The van der Waals surface area contributed by atoms with E-state index in [-0.39, 0.29) is 12.8 Å². The van der Waals surface area contributed by atoms with Crippen LogP contribution in [-0.2, 0) is 9.47 Å². The highest BCUT2D eigenvalue weighted by Gasteiger charge is 2.50. The molecule has 2 rings (SSSR count). The molecule has 2 saturated heterocycles. The maximum Gasteiger partial charge on any atom is 0.393 e. The van der Waals surface area contributed by atoms with Crippen LogP contribution in [0.25, 0.3) is 0 Å². The molecule has 1 unspecified atom stereocenters. The topological polar surface area (TPSA) is 56.5 Å². The third kappa shape index (κ3) is 2.65. The predicted octanol–water partition coefficient (Wildman–Crippen LogP) is 0.575. The van der Waals surface area contributed by atoms with Crippen molar-refractivity contribution in [2.24, 2.45) is 11.7 Å². The maximum absolute atomic E-state index is 12.7. The normalized spacial score (nSPS) is 37.1. The second-order valence-corrected chi connectivity index (χ2v) is 4.17. The second-order valence-electron chi connectivity index (χ2n) is 4.17. The highest BCUT2D eigenvalue weighted by atomic mass is 19.4.